The van der Waals surface area contributed by atoms with E-state index in [1.165, 1.54) is 20.2 Å². The number of hydrazone groups is 1. The fraction of sp³-hybridized carbons (Fsp3) is 0.190. The number of nitrogens with one attached hydrogen (secondary N) is 1. The SMILES string of the molecule is COc1nn([C@@H](C)C(=O)N/N=C\c2ccccc2OCc2c(Cl)cccc2Cl)cc1[N+](=O)[O-]. The highest BCUT2D eigenvalue weighted by Crippen LogP contribution is 2.27. The maximum Gasteiger partial charge on any atom is 0.350 e. The van der Waals surface area contributed by atoms with Crippen molar-refractivity contribution in [2.45, 2.75) is 19.6 Å². The summed E-state index contributed by atoms with van der Waals surface area (Å²) < 4.78 is 11.8. The van der Waals surface area contributed by atoms with Crippen LogP contribution in [0.4, 0.5) is 5.69 Å². The molecule has 172 valence electrons. The van der Waals surface area contributed by atoms with Gasteiger partial charge in [-0.3, -0.25) is 14.9 Å². The first-order chi connectivity index (χ1) is 15.8. The lowest BCUT2D eigenvalue weighted by atomic mass is 10.2. The molecule has 0 spiro atoms. The predicted molar refractivity (Wildman–Crippen MR) is 123 cm³/mol. The average molecular weight is 492 g/mol. The first-order valence-electron chi connectivity index (χ1n) is 9.57. The monoisotopic (exact) mass is 491 g/mol. The van der Waals surface area contributed by atoms with Gasteiger partial charge in [0.05, 0.1) is 18.2 Å². The molecule has 1 amide bonds. The molecule has 0 saturated carbocycles. The lowest BCUT2D eigenvalue weighted by Gasteiger charge is -2.12. The van der Waals surface area contributed by atoms with E-state index in [1.54, 1.807) is 42.5 Å². The summed E-state index contributed by atoms with van der Waals surface area (Å²) in [4.78, 5) is 22.8. The number of methoxy groups -OCH3 is 1. The van der Waals surface area contributed by atoms with Crippen molar-refractivity contribution in [2.24, 2.45) is 5.10 Å². The quantitative estimate of drug-likeness (QED) is 0.269. The Morgan fingerprint density at radius 3 is 2.61 bits per heavy atom. The zero-order valence-electron chi connectivity index (χ0n) is 17.6. The van der Waals surface area contributed by atoms with Crippen molar-refractivity contribution < 1.29 is 19.2 Å². The fourth-order valence-electron chi connectivity index (χ4n) is 2.75. The van der Waals surface area contributed by atoms with Gasteiger partial charge >= 0.3 is 11.6 Å². The summed E-state index contributed by atoms with van der Waals surface area (Å²) in [7, 11) is 1.26. The van der Waals surface area contributed by atoms with Crippen LogP contribution in [0.3, 0.4) is 0 Å². The zero-order chi connectivity index (χ0) is 24.0. The molecule has 0 radical (unpaired) electrons. The minimum absolute atomic E-state index is 0.146. The molecular formula is C21H19Cl2N5O5. The summed E-state index contributed by atoms with van der Waals surface area (Å²) in [6.07, 6.45) is 2.54. The number of aromatic nitrogens is 2. The van der Waals surface area contributed by atoms with Gasteiger partial charge in [0.2, 0.25) is 0 Å². The molecule has 1 heterocycles. The van der Waals surface area contributed by atoms with Gasteiger partial charge in [-0.1, -0.05) is 41.4 Å². The minimum atomic E-state index is -0.876. The van der Waals surface area contributed by atoms with Crippen LogP contribution in [-0.2, 0) is 11.4 Å². The molecule has 12 heteroatoms. The van der Waals surface area contributed by atoms with Crippen molar-refractivity contribution in [2.75, 3.05) is 7.11 Å². The molecule has 2 aromatic carbocycles. The van der Waals surface area contributed by atoms with E-state index in [-0.39, 0.29) is 18.2 Å². The highest BCUT2D eigenvalue weighted by molar-refractivity contribution is 6.35. The Morgan fingerprint density at radius 2 is 1.97 bits per heavy atom. The highest BCUT2D eigenvalue weighted by Gasteiger charge is 2.25. The van der Waals surface area contributed by atoms with Gasteiger partial charge in [-0.15, -0.1) is 5.10 Å². The summed E-state index contributed by atoms with van der Waals surface area (Å²) >= 11 is 12.4. The maximum atomic E-state index is 12.4. The van der Waals surface area contributed by atoms with E-state index in [9.17, 15) is 14.9 Å². The lowest BCUT2D eigenvalue weighted by molar-refractivity contribution is -0.385. The van der Waals surface area contributed by atoms with E-state index in [2.05, 4.69) is 15.6 Å². The van der Waals surface area contributed by atoms with Crippen LogP contribution in [0.15, 0.2) is 53.8 Å². The average Bonchev–Trinajstić information content (AvgIpc) is 3.24. The lowest BCUT2D eigenvalue weighted by Crippen LogP contribution is -2.27. The molecule has 10 nitrogen and oxygen atoms in total. The zero-order valence-corrected chi connectivity index (χ0v) is 19.1. The number of hydrogen-bond donors (Lipinski definition) is 1. The minimum Gasteiger partial charge on any atom is -0.488 e. The second-order valence-corrected chi connectivity index (χ2v) is 7.51. The van der Waals surface area contributed by atoms with Crippen molar-refractivity contribution in [1.82, 2.24) is 15.2 Å². The number of rotatable bonds is 9. The van der Waals surface area contributed by atoms with Crippen LogP contribution < -0.4 is 14.9 Å². The van der Waals surface area contributed by atoms with Gasteiger partial charge in [-0.2, -0.15) is 5.10 Å². The fourth-order valence-corrected chi connectivity index (χ4v) is 3.26. The molecule has 0 aliphatic rings. The summed E-state index contributed by atoms with van der Waals surface area (Å²) in [5.41, 5.74) is 3.30. The van der Waals surface area contributed by atoms with Gasteiger partial charge in [0.25, 0.3) is 5.91 Å². The molecule has 1 aromatic heterocycles. The van der Waals surface area contributed by atoms with Gasteiger partial charge in [0, 0.05) is 21.2 Å². The van der Waals surface area contributed by atoms with Gasteiger partial charge in [-0.05, 0) is 31.2 Å². The van der Waals surface area contributed by atoms with E-state index in [0.717, 1.165) is 10.9 Å². The number of ether oxygens (including phenoxy) is 2. The largest absolute Gasteiger partial charge is 0.488 e. The Bertz CT molecular complexity index is 1180. The molecule has 1 N–H and O–H groups in total. The molecule has 0 saturated heterocycles. The van der Waals surface area contributed by atoms with Crippen molar-refractivity contribution in [3.05, 3.63) is 79.9 Å². The Labute approximate surface area is 198 Å². The predicted octanol–water partition coefficient (Wildman–Crippen LogP) is 4.40. The van der Waals surface area contributed by atoms with Crippen LogP contribution in [0.2, 0.25) is 10.0 Å². The normalized spacial score (nSPS) is 11.9. The molecule has 3 aromatic rings. The van der Waals surface area contributed by atoms with Crippen molar-refractivity contribution in [3.8, 4) is 11.6 Å². The Balaban J connectivity index is 1.67. The number of nitro groups is 1. The number of carbonyl (C=O) groups is 1. The van der Waals surface area contributed by atoms with Crippen molar-refractivity contribution >= 4 is 41.0 Å². The molecule has 0 fully saturated rings. The molecule has 1 atom stereocenters. The first kappa shape index (κ1) is 24.0. The van der Waals surface area contributed by atoms with E-state index >= 15 is 0 Å². The standard InChI is InChI=1S/C21H19Cl2N5O5/c1-13(27-11-18(28(30)31)21(26-27)32-2)20(29)25-24-10-14-6-3-4-9-19(14)33-12-15-16(22)7-5-8-17(15)23/h3-11,13H,12H2,1-2H3,(H,25,29)/b24-10-/t13-/m0/s1. The van der Waals surface area contributed by atoms with Crippen LogP contribution >= 0.6 is 23.2 Å². The number of para-hydroxylation sites is 1. The van der Waals surface area contributed by atoms with Gasteiger partial charge < -0.3 is 9.47 Å². The van der Waals surface area contributed by atoms with Gasteiger partial charge in [0.1, 0.15) is 24.6 Å². The Kier molecular flexibility index (Phi) is 7.86. The second-order valence-electron chi connectivity index (χ2n) is 6.70. The second kappa shape index (κ2) is 10.8. The van der Waals surface area contributed by atoms with Gasteiger partial charge in [0.15, 0.2) is 0 Å². The number of hydrogen-bond acceptors (Lipinski definition) is 7. The number of carbonyl (C=O) groups excluding carboxylic acids is 1. The third-order valence-corrected chi connectivity index (χ3v) is 5.29. The smallest absolute Gasteiger partial charge is 0.350 e. The summed E-state index contributed by atoms with van der Waals surface area (Å²) in [5, 5.41) is 19.9. The van der Waals surface area contributed by atoms with E-state index in [1.807, 2.05) is 0 Å². The number of nitrogens with zero attached hydrogens (tertiary/aromatic N) is 4. The van der Waals surface area contributed by atoms with Crippen LogP contribution in [0.1, 0.15) is 24.1 Å². The Morgan fingerprint density at radius 1 is 1.27 bits per heavy atom. The van der Waals surface area contributed by atoms with Crippen LogP contribution in [0.5, 0.6) is 11.6 Å². The third-order valence-electron chi connectivity index (χ3n) is 4.58. The topological polar surface area (TPSA) is 121 Å². The molecule has 0 aliphatic heterocycles. The molecule has 0 aliphatic carbocycles. The van der Waals surface area contributed by atoms with Crippen LogP contribution in [-0.4, -0.2) is 33.9 Å². The molecular weight excluding hydrogens is 473 g/mol. The number of halogens is 2. The summed E-state index contributed by atoms with van der Waals surface area (Å²) in [6, 6.07) is 11.4. The van der Waals surface area contributed by atoms with Gasteiger partial charge in [-0.25, -0.2) is 10.1 Å². The number of amides is 1. The van der Waals surface area contributed by atoms with E-state index in [4.69, 9.17) is 32.7 Å². The van der Waals surface area contributed by atoms with E-state index in [0.29, 0.717) is 26.9 Å². The third kappa shape index (κ3) is 5.79. The summed E-state index contributed by atoms with van der Waals surface area (Å²) in [5.74, 6) is -0.215. The van der Waals surface area contributed by atoms with Crippen molar-refractivity contribution in [3.63, 3.8) is 0 Å². The van der Waals surface area contributed by atoms with Crippen molar-refractivity contribution in [1.29, 1.82) is 0 Å². The summed E-state index contributed by atoms with van der Waals surface area (Å²) in [6.45, 7) is 1.66. The first-order valence-corrected chi connectivity index (χ1v) is 10.3. The molecule has 3 rings (SSSR count). The van der Waals surface area contributed by atoms with E-state index < -0.39 is 16.9 Å². The molecule has 33 heavy (non-hydrogen) atoms. The molecule has 0 unspecified atom stereocenters. The Hall–Kier alpha value is -3.63. The van der Waals surface area contributed by atoms with Crippen LogP contribution in [0, 0.1) is 10.1 Å². The number of benzene rings is 2. The highest BCUT2D eigenvalue weighted by atomic mass is 35.5. The maximum absolute atomic E-state index is 12.4. The molecule has 0 bridgehead atoms. The van der Waals surface area contributed by atoms with Crippen LogP contribution in [0.25, 0.3) is 0 Å².